The van der Waals surface area contributed by atoms with Crippen molar-refractivity contribution >= 4 is 5.78 Å². The Labute approximate surface area is 149 Å². The maximum Gasteiger partial charge on any atom is 0.190 e. The van der Waals surface area contributed by atoms with Crippen LogP contribution >= 0.6 is 0 Å². The number of fused-ring (bicyclic) bond motifs is 5. The maximum absolute atomic E-state index is 12.3. The van der Waals surface area contributed by atoms with Crippen molar-refractivity contribution in [2.45, 2.75) is 70.5 Å². The number of Topliss-reactive ketones (excluding diaryl/α,β-unsaturated/α-hetero) is 1. The molecule has 138 valence electrons. The average molecular weight is 346 g/mol. The molecule has 2 fully saturated rings. The van der Waals surface area contributed by atoms with Gasteiger partial charge in [-0.3, -0.25) is 4.79 Å². The van der Waals surface area contributed by atoms with E-state index in [0.29, 0.717) is 24.7 Å². The Morgan fingerprint density at radius 1 is 1.24 bits per heavy atom. The quantitative estimate of drug-likeness (QED) is 0.672. The molecule has 0 heterocycles. The van der Waals surface area contributed by atoms with E-state index in [1.165, 1.54) is 11.1 Å². The summed E-state index contributed by atoms with van der Waals surface area (Å²) in [5.74, 6) is 0.271. The number of aliphatic hydroxyl groups excluding tert-OH is 2. The van der Waals surface area contributed by atoms with Gasteiger partial charge in [-0.15, -0.1) is 0 Å². The van der Waals surface area contributed by atoms with Crippen LogP contribution in [0.15, 0.2) is 23.3 Å². The van der Waals surface area contributed by atoms with E-state index in [9.17, 15) is 20.1 Å². The largest absolute Gasteiger partial charge is 0.389 e. The summed E-state index contributed by atoms with van der Waals surface area (Å²) in [5, 5.41) is 30.5. The Hall–Kier alpha value is -0.970. The van der Waals surface area contributed by atoms with Crippen molar-refractivity contribution in [3.8, 4) is 0 Å². The highest BCUT2D eigenvalue weighted by Crippen LogP contribution is 2.65. The molecule has 3 unspecified atom stereocenters. The lowest BCUT2D eigenvalue weighted by atomic mass is 9.50. The molecule has 4 aliphatic carbocycles. The van der Waals surface area contributed by atoms with Gasteiger partial charge in [0.2, 0.25) is 0 Å². The molecule has 25 heavy (non-hydrogen) atoms. The summed E-state index contributed by atoms with van der Waals surface area (Å²) < 4.78 is 0. The molecule has 4 nitrogen and oxygen atoms in total. The van der Waals surface area contributed by atoms with Gasteiger partial charge in [-0.05, 0) is 56.8 Å². The van der Waals surface area contributed by atoms with Crippen LogP contribution < -0.4 is 0 Å². The lowest BCUT2D eigenvalue weighted by Crippen LogP contribution is -2.55. The number of hydrogen-bond acceptors (Lipinski definition) is 4. The van der Waals surface area contributed by atoms with E-state index in [0.717, 1.165) is 32.1 Å². The van der Waals surface area contributed by atoms with Crippen LogP contribution in [0, 0.1) is 22.7 Å². The summed E-state index contributed by atoms with van der Waals surface area (Å²) in [7, 11) is 0. The van der Waals surface area contributed by atoms with Crippen molar-refractivity contribution in [1.82, 2.24) is 0 Å². The number of ketones is 1. The summed E-state index contributed by atoms with van der Waals surface area (Å²) in [6.45, 7) is 3.78. The first-order valence-electron chi connectivity index (χ1n) is 9.72. The topological polar surface area (TPSA) is 77.8 Å². The average Bonchev–Trinajstić information content (AvgIpc) is 2.87. The zero-order valence-corrected chi connectivity index (χ0v) is 15.3. The molecular formula is C21H30O4. The number of rotatable bonds is 2. The standard InChI is InChI=1S/C21H30O4/c1-19-8-5-14(23)11-13(19)3-4-15-16(19)6-9-20(2)17(15)7-10-21(20,25)18(24)12-22/h6,11,14-15,17,22-23,25H,3-5,7-10,12H2,1-2H3/t14?,15?,17?,19-,20-,21-/m0/s1. The van der Waals surface area contributed by atoms with Gasteiger partial charge in [0.1, 0.15) is 12.2 Å². The highest BCUT2D eigenvalue weighted by molar-refractivity contribution is 5.89. The van der Waals surface area contributed by atoms with E-state index < -0.39 is 23.4 Å². The third-order valence-corrected chi connectivity index (χ3v) is 8.22. The van der Waals surface area contributed by atoms with Gasteiger partial charge in [-0.1, -0.05) is 37.1 Å². The first kappa shape index (κ1) is 17.4. The van der Waals surface area contributed by atoms with Crippen LogP contribution in [0.5, 0.6) is 0 Å². The molecule has 0 amide bonds. The fourth-order valence-corrected chi connectivity index (χ4v) is 6.61. The van der Waals surface area contributed by atoms with E-state index in [2.05, 4.69) is 19.1 Å². The lowest BCUT2D eigenvalue weighted by Gasteiger charge is -2.54. The van der Waals surface area contributed by atoms with Crippen LogP contribution in [0.2, 0.25) is 0 Å². The van der Waals surface area contributed by atoms with Crippen molar-refractivity contribution in [3.63, 3.8) is 0 Å². The molecule has 0 saturated heterocycles. The van der Waals surface area contributed by atoms with Crippen molar-refractivity contribution in [2.24, 2.45) is 22.7 Å². The summed E-state index contributed by atoms with van der Waals surface area (Å²) >= 11 is 0. The summed E-state index contributed by atoms with van der Waals surface area (Å²) in [6.07, 6.45) is 9.84. The van der Waals surface area contributed by atoms with Gasteiger partial charge in [0.05, 0.1) is 6.10 Å². The SMILES string of the molecule is C[C@]12CCC(O)C=C1CCC1C2=CC[C@@]2(C)C1CC[C@]2(O)C(=O)CO. The first-order chi connectivity index (χ1) is 11.8. The molecule has 3 N–H and O–H groups in total. The Kier molecular flexibility index (Phi) is 3.85. The molecule has 0 aliphatic heterocycles. The minimum absolute atomic E-state index is 0.0329. The third kappa shape index (κ3) is 2.14. The predicted octanol–water partition coefficient (Wildman–Crippen LogP) is 2.52. The van der Waals surface area contributed by atoms with Gasteiger partial charge in [0.25, 0.3) is 0 Å². The van der Waals surface area contributed by atoms with Gasteiger partial charge < -0.3 is 15.3 Å². The molecule has 0 bridgehead atoms. The summed E-state index contributed by atoms with van der Waals surface area (Å²) in [4.78, 5) is 12.3. The number of carbonyl (C=O) groups is 1. The van der Waals surface area contributed by atoms with E-state index in [4.69, 9.17) is 0 Å². The van der Waals surface area contributed by atoms with E-state index in [-0.39, 0.29) is 11.5 Å². The molecule has 0 spiro atoms. The van der Waals surface area contributed by atoms with Crippen molar-refractivity contribution in [2.75, 3.05) is 6.61 Å². The smallest absolute Gasteiger partial charge is 0.190 e. The van der Waals surface area contributed by atoms with E-state index >= 15 is 0 Å². The second-order valence-corrected chi connectivity index (χ2v) is 9.14. The molecular weight excluding hydrogens is 316 g/mol. The fraction of sp³-hybridized carbons (Fsp3) is 0.762. The second-order valence-electron chi connectivity index (χ2n) is 9.14. The van der Waals surface area contributed by atoms with Gasteiger partial charge in [-0.2, -0.15) is 0 Å². The Balaban J connectivity index is 1.74. The van der Waals surface area contributed by atoms with Crippen molar-refractivity contribution in [3.05, 3.63) is 23.3 Å². The van der Waals surface area contributed by atoms with Crippen molar-refractivity contribution < 1.29 is 20.1 Å². The fourth-order valence-electron chi connectivity index (χ4n) is 6.61. The predicted molar refractivity (Wildman–Crippen MR) is 94.7 cm³/mol. The monoisotopic (exact) mass is 346 g/mol. The highest BCUT2D eigenvalue weighted by atomic mass is 16.3. The molecule has 0 aromatic carbocycles. The zero-order valence-electron chi connectivity index (χ0n) is 15.3. The molecule has 4 aliphatic rings. The summed E-state index contributed by atoms with van der Waals surface area (Å²) in [5.41, 5.74) is 1.00. The van der Waals surface area contributed by atoms with Gasteiger partial charge in [0.15, 0.2) is 5.78 Å². The number of hydrogen-bond donors (Lipinski definition) is 3. The maximum atomic E-state index is 12.3. The molecule has 6 atom stereocenters. The zero-order chi connectivity index (χ0) is 18.0. The lowest BCUT2D eigenvalue weighted by molar-refractivity contribution is -0.155. The molecule has 2 saturated carbocycles. The first-order valence-corrected chi connectivity index (χ1v) is 9.72. The van der Waals surface area contributed by atoms with Crippen LogP contribution in [-0.2, 0) is 4.79 Å². The van der Waals surface area contributed by atoms with Crippen LogP contribution in [0.1, 0.15) is 58.8 Å². The van der Waals surface area contributed by atoms with Crippen LogP contribution in [0.25, 0.3) is 0 Å². The Morgan fingerprint density at radius 3 is 2.72 bits per heavy atom. The minimum atomic E-state index is -1.39. The van der Waals surface area contributed by atoms with Gasteiger partial charge in [0, 0.05) is 10.8 Å². The molecule has 0 radical (unpaired) electrons. The van der Waals surface area contributed by atoms with Gasteiger partial charge >= 0.3 is 0 Å². The molecule has 4 heteroatoms. The number of aliphatic hydroxyl groups is 3. The Bertz CT molecular complexity index is 665. The minimum Gasteiger partial charge on any atom is -0.389 e. The van der Waals surface area contributed by atoms with Crippen LogP contribution in [-0.4, -0.2) is 39.4 Å². The summed E-state index contributed by atoms with van der Waals surface area (Å²) in [6, 6.07) is 0. The van der Waals surface area contributed by atoms with Crippen LogP contribution in [0.3, 0.4) is 0 Å². The molecule has 0 aromatic heterocycles. The highest BCUT2D eigenvalue weighted by Gasteiger charge is 2.64. The van der Waals surface area contributed by atoms with Crippen molar-refractivity contribution in [1.29, 1.82) is 0 Å². The Morgan fingerprint density at radius 2 is 2.00 bits per heavy atom. The second kappa shape index (κ2) is 5.51. The number of carbonyl (C=O) groups excluding carboxylic acids is 1. The normalized spacial score (nSPS) is 48.8. The van der Waals surface area contributed by atoms with E-state index in [1.54, 1.807) is 0 Å². The molecule has 0 aromatic rings. The number of allylic oxidation sites excluding steroid dienone is 3. The van der Waals surface area contributed by atoms with E-state index in [1.807, 2.05) is 6.92 Å². The van der Waals surface area contributed by atoms with Crippen LogP contribution in [0.4, 0.5) is 0 Å². The molecule has 4 rings (SSSR count). The van der Waals surface area contributed by atoms with Gasteiger partial charge in [-0.25, -0.2) is 0 Å². The third-order valence-electron chi connectivity index (χ3n) is 8.22.